The molecule has 0 atom stereocenters. The Kier molecular flexibility index (Phi) is 7.10. The van der Waals surface area contributed by atoms with Crippen molar-refractivity contribution in [2.75, 3.05) is 31.6 Å². The summed E-state index contributed by atoms with van der Waals surface area (Å²) in [6.45, 7) is 3.92. The van der Waals surface area contributed by atoms with Gasteiger partial charge in [-0.15, -0.1) is 0 Å². The minimum Gasteiger partial charge on any atom is -0.378 e. The number of nitrogens with one attached hydrogen (secondary N) is 3. The monoisotopic (exact) mass is 500 g/mol. The summed E-state index contributed by atoms with van der Waals surface area (Å²) in [4.78, 5) is 34.0. The van der Waals surface area contributed by atoms with Gasteiger partial charge in [-0.3, -0.25) is 25.3 Å². The number of piperidine rings is 1. The molecule has 1 aliphatic carbocycles. The number of hydrazine groups is 1. The molecule has 2 saturated heterocycles. The highest BCUT2D eigenvalue weighted by atomic mass is 19.3. The molecule has 3 aliphatic rings. The number of aromatic nitrogens is 2. The molecule has 11 heteroatoms. The Labute approximate surface area is 208 Å². The quantitative estimate of drug-likeness (QED) is 0.502. The average Bonchev–Trinajstić information content (AvgIpc) is 2.84. The smallest absolute Gasteiger partial charge is 0.317 e. The van der Waals surface area contributed by atoms with Crippen molar-refractivity contribution < 1.29 is 23.1 Å². The number of halogens is 2. The normalized spacial score (nSPS) is 20.3. The molecule has 5 rings (SSSR count). The summed E-state index contributed by atoms with van der Waals surface area (Å²) in [5, 5.41) is 3.46. The molecule has 0 unspecified atom stereocenters. The summed E-state index contributed by atoms with van der Waals surface area (Å²) < 4.78 is 29.9. The van der Waals surface area contributed by atoms with Crippen LogP contribution in [-0.2, 0) is 15.1 Å². The minimum absolute atomic E-state index is 0.0413. The molecular formula is C25H30F2N6O3. The third kappa shape index (κ3) is 5.17. The number of rotatable bonds is 7. The van der Waals surface area contributed by atoms with Crippen molar-refractivity contribution in [1.82, 2.24) is 25.7 Å². The van der Waals surface area contributed by atoms with Crippen molar-refractivity contribution in [2.45, 2.75) is 56.0 Å². The lowest BCUT2D eigenvalue weighted by Gasteiger charge is -2.44. The van der Waals surface area contributed by atoms with Gasteiger partial charge in [0.05, 0.1) is 30.4 Å². The van der Waals surface area contributed by atoms with E-state index < -0.39 is 18.2 Å². The molecule has 2 aromatic rings. The number of hydrogen-bond donors (Lipinski definition) is 3. The summed E-state index contributed by atoms with van der Waals surface area (Å²) in [6, 6.07) is 9.39. The van der Waals surface area contributed by atoms with Crippen LogP contribution < -0.4 is 16.2 Å². The highest BCUT2D eigenvalue weighted by Gasteiger charge is 2.40. The Bertz CT molecular complexity index is 1080. The fourth-order valence-electron chi connectivity index (χ4n) is 5.11. The van der Waals surface area contributed by atoms with Gasteiger partial charge >= 0.3 is 12.3 Å². The number of anilines is 1. The zero-order chi connectivity index (χ0) is 25.1. The molecule has 36 heavy (non-hydrogen) atoms. The second-order valence-corrected chi connectivity index (χ2v) is 9.73. The molecule has 2 amide bonds. The van der Waals surface area contributed by atoms with Crippen LogP contribution in [0.3, 0.4) is 0 Å². The van der Waals surface area contributed by atoms with E-state index in [1.54, 1.807) is 5.43 Å². The minimum atomic E-state index is -3.22. The van der Waals surface area contributed by atoms with Crippen molar-refractivity contribution in [3.8, 4) is 0 Å². The zero-order valence-electron chi connectivity index (χ0n) is 19.9. The lowest BCUT2D eigenvalue weighted by atomic mass is 9.71. The average molecular weight is 501 g/mol. The Morgan fingerprint density at radius 3 is 2.39 bits per heavy atom. The van der Waals surface area contributed by atoms with Crippen LogP contribution in [0.2, 0.25) is 0 Å². The van der Waals surface area contributed by atoms with Gasteiger partial charge in [0.25, 0.3) is 5.91 Å². The third-order valence-corrected chi connectivity index (χ3v) is 7.55. The van der Waals surface area contributed by atoms with Crippen molar-refractivity contribution >= 4 is 17.8 Å². The second kappa shape index (κ2) is 10.4. The predicted molar refractivity (Wildman–Crippen MR) is 127 cm³/mol. The molecule has 0 bridgehead atoms. The topological polar surface area (TPSA) is 108 Å². The van der Waals surface area contributed by atoms with Gasteiger partial charge in [0.1, 0.15) is 0 Å². The number of benzene rings is 1. The maximum atomic E-state index is 12.3. The molecule has 1 aromatic heterocycles. The number of likely N-dealkylation sites (tertiary alicyclic amines) is 1. The van der Waals surface area contributed by atoms with Gasteiger partial charge < -0.3 is 10.1 Å². The van der Waals surface area contributed by atoms with Crippen LogP contribution in [0.1, 0.15) is 59.5 Å². The highest BCUT2D eigenvalue weighted by molar-refractivity contribution is 5.95. The lowest BCUT2D eigenvalue weighted by Crippen LogP contribution is -2.51. The molecule has 3 N–H and O–H groups in total. The molecule has 0 spiro atoms. The van der Waals surface area contributed by atoms with Gasteiger partial charge in [-0.25, -0.2) is 9.97 Å². The van der Waals surface area contributed by atoms with Crippen LogP contribution in [0.25, 0.3) is 0 Å². The highest BCUT2D eigenvalue weighted by Crippen LogP contribution is 2.44. The molecule has 3 heterocycles. The first-order valence-corrected chi connectivity index (χ1v) is 12.3. The first-order valence-electron chi connectivity index (χ1n) is 12.3. The Morgan fingerprint density at radius 2 is 1.81 bits per heavy atom. The van der Waals surface area contributed by atoms with Crippen LogP contribution in [0.5, 0.6) is 0 Å². The van der Waals surface area contributed by atoms with E-state index in [4.69, 9.17) is 4.74 Å². The molecule has 3 fully saturated rings. The van der Waals surface area contributed by atoms with E-state index in [1.165, 1.54) is 23.5 Å². The summed E-state index contributed by atoms with van der Waals surface area (Å²) in [5.74, 6) is -1.45. The van der Waals surface area contributed by atoms with Crippen LogP contribution in [-0.4, -0.2) is 65.5 Å². The van der Waals surface area contributed by atoms with Gasteiger partial charge in [0, 0.05) is 12.4 Å². The van der Waals surface area contributed by atoms with Crippen molar-refractivity contribution in [2.24, 2.45) is 0 Å². The van der Waals surface area contributed by atoms with Crippen LogP contribution >= 0.6 is 0 Å². The maximum absolute atomic E-state index is 12.3. The number of carbonyl (C=O) groups is 2. The van der Waals surface area contributed by atoms with Gasteiger partial charge in [-0.2, -0.15) is 8.78 Å². The Hall–Kier alpha value is -3.18. The Balaban J connectivity index is 1.22. The first-order chi connectivity index (χ1) is 17.4. The largest absolute Gasteiger partial charge is 0.378 e. The third-order valence-electron chi connectivity index (χ3n) is 7.55. The number of ether oxygens (including phenoxy) is 1. The van der Waals surface area contributed by atoms with E-state index in [0.717, 1.165) is 58.4 Å². The number of carbonyl (C=O) groups excluding carboxylic acids is 2. The standard InChI is InChI=1S/C25H30F2N6O3/c26-21(27)23(35)32-31-22(34)18-12-28-24(29-13-18)30-25(7-2-8-25)19-4-1-3-17(11-19)16-5-9-33(10-6-16)20-14-36-15-20/h1,3-4,11-13,16,20-21H,2,5-10,14-15H2,(H,31,34)(H,32,35)(H,28,29,30). The summed E-state index contributed by atoms with van der Waals surface area (Å²) in [5.41, 5.74) is 5.92. The fourth-order valence-corrected chi connectivity index (χ4v) is 5.11. The number of amides is 2. The van der Waals surface area contributed by atoms with E-state index in [9.17, 15) is 18.4 Å². The molecular weight excluding hydrogens is 470 g/mol. The number of hydrogen-bond acceptors (Lipinski definition) is 7. The first kappa shape index (κ1) is 24.5. The van der Waals surface area contributed by atoms with Crippen LogP contribution in [0.15, 0.2) is 36.7 Å². The van der Waals surface area contributed by atoms with Gasteiger partial charge in [-0.1, -0.05) is 24.3 Å². The summed E-state index contributed by atoms with van der Waals surface area (Å²) >= 11 is 0. The van der Waals surface area contributed by atoms with E-state index in [1.807, 2.05) is 5.43 Å². The van der Waals surface area contributed by atoms with Crippen LogP contribution in [0, 0.1) is 0 Å². The number of alkyl halides is 2. The van der Waals surface area contributed by atoms with E-state index >= 15 is 0 Å². The van der Waals surface area contributed by atoms with E-state index in [-0.39, 0.29) is 11.1 Å². The summed E-state index contributed by atoms with van der Waals surface area (Å²) in [6.07, 6.45) is 4.63. The molecule has 1 saturated carbocycles. The molecule has 9 nitrogen and oxygen atoms in total. The van der Waals surface area contributed by atoms with Crippen molar-refractivity contribution in [3.63, 3.8) is 0 Å². The second-order valence-electron chi connectivity index (χ2n) is 9.73. The van der Waals surface area contributed by atoms with Crippen LogP contribution in [0.4, 0.5) is 14.7 Å². The molecule has 192 valence electrons. The SMILES string of the molecule is O=C(NNC(=O)C(F)F)c1cnc(NC2(c3cccc(C4CCN(C5COC5)CC4)c3)CCC2)nc1. The van der Waals surface area contributed by atoms with Crippen molar-refractivity contribution in [1.29, 1.82) is 0 Å². The lowest BCUT2D eigenvalue weighted by molar-refractivity contribution is -0.132. The van der Waals surface area contributed by atoms with E-state index in [0.29, 0.717) is 17.9 Å². The maximum Gasteiger partial charge on any atom is 0.317 e. The fraction of sp³-hybridized carbons (Fsp3) is 0.520. The molecule has 2 aliphatic heterocycles. The summed E-state index contributed by atoms with van der Waals surface area (Å²) in [7, 11) is 0. The number of nitrogens with zero attached hydrogens (tertiary/aromatic N) is 3. The molecule has 0 radical (unpaired) electrons. The molecule has 1 aromatic carbocycles. The van der Waals surface area contributed by atoms with E-state index in [2.05, 4.69) is 44.5 Å². The van der Waals surface area contributed by atoms with Gasteiger partial charge in [0.15, 0.2) is 0 Å². The van der Waals surface area contributed by atoms with Crippen molar-refractivity contribution in [3.05, 3.63) is 53.3 Å². The zero-order valence-corrected chi connectivity index (χ0v) is 19.9. The van der Waals surface area contributed by atoms with Gasteiger partial charge in [-0.05, 0) is 62.2 Å². The predicted octanol–water partition coefficient (Wildman–Crippen LogP) is 2.57. The van der Waals surface area contributed by atoms with Gasteiger partial charge in [0.2, 0.25) is 5.95 Å². The Morgan fingerprint density at radius 1 is 1.08 bits per heavy atom.